The molecule has 0 saturated heterocycles. The fourth-order valence-electron chi connectivity index (χ4n) is 1.45. The lowest BCUT2D eigenvalue weighted by atomic mass is 10.2. The first kappa shape index (κ1) is 19.9. The molecule has 5 nitrogen and oxygen atoms in total. The molecule has 0 fully saturated rings. The van der Waals surface area contributed by atoms with Crippen LogP contribution in [0, 0.1) is 10.1 Å². The van der Waals surface area contributed by atoms with Crippen LogP contribution in [0.25, 0.3) is 0 Å². The molecule has 2 aromatic carbocycles. The minimum Gasteiger partial charge on any atom is -0.326 e. The molecule has 0 saturated carbocycles. The van der Waals surface area contributed by atoms with Gasteiger partial charge in [-0.15, -0.1) is 0 Å². The van der Waals surface area contributed by atoms with Crippen molar-refractivity contribution < 1.29 is 9.72 Å². The van der Waals surface area contributed by atoms with Gasteiger partial charge < -0.3 is 5.73 Å². The molecule has 0 aliphatic carbocycles. The van der Waals surface area contributed by atoms with Gasteiger partial charge >= 0.3 is 0 Å². The number of nitro benzene ring substituents is 1. The second-order valence-corrected chi connectivity index (χ2v) is 4.61. The van der Waals surface area contributed by atoms with Crippen LogP contribution in [0.5, 0.6) is 0 Å². The Kier molecular flexibility index (Phi) is 9.65. The quantitative estimate of drug-likeness (QED) is 0.384. The first-order valence-electron chi connectivity index (χ1n) is 6.16. The normalized spacial score (nSPS) is 9.00. The van der Waals surface area contributed by atoms with Crippen molar-refractivity contribution in [1.82, 2.24) is 0 Å². The van der Waals surface area contributed by atoms with Crippen LogP contribution in [0.1, 0.15) is 23.3 Å². The van der Waals surface area contributed by atoms with Gasteiger partial charge in [0.15, 0.2) is 5.78 Å². The van der Waals surface area contributed by atoms with E-state index in [4.69, 9.17) is 5.73 Å². The Balaban J connectivity index is 0.000000385. The zero-order chi connectivity index (χ0) is 15.7. The molecule has 2 N–H and O–H groups in total. The number of hydrogen-bond acceptors (Lipinski definition) is 4. The highest BCUT2D eigenvalue weighted by Gasteiger charge is 2.02. The number of benzene rings is 2. The number of rotatable bonds is 4. The molecule has 0 aliphatic rings. The molecule has 0 atom stereocenters. The van der Waals surface area contributed by atoms with E-state index in [1.165, 1.54) is 12.1 Å². The SMILES string of the molecule is C.NCc1ccc([N+](=O)[O-])cc1.O=C(CBr)c1ccccc1. The topological polar surface area (TPSA) is 86.2 Å². The number of non-ortho nitro benzene ring substituents is 1. The lowest BCUT2D eigenvalue weighted by Crippen LogP contribution is -1.98. The average molecular weight is 367 g/mol. The van der Waals surface area contributed by atoms with Gasteiger partial charge in [-0.3, -0.25) is 14.9 Å². The zero-order valence-electron chi connectivity index (χ0n) is 11.2. The molecule has 22 heavy (non-hydrogen) atoms. The highest BCUT2D eigenvalue weighted by atomic mass is 79.9. The van der Waals surface area contributed by atoms with E-state index in [-0.39, 0.29) is 18.9 Å². The third-order valence-electron chi connectivity index (χ3n) is 2.60. The molecule has 0 amide bonds. The van der Waals surface area contributed by atoms with Crippen molar-refractivity contribution in [2.75, 3.05) is 5.33 Å². The maximum absolute atomic E-state index is 11.0. The lowest BCUT2D eigenvalue weighted by molar-refractivity contribution is -0.384. The van der Waals surface area contributed by atoms with Crippen molar-refractivity contribution in [2.45, 2.75) is 14.0 Å². The summed E-state index contributed by atoms with van der Waals surface area (Å²) in [6.45, 7) is 0.415. The maximum atomic E-state index is 11.0. The van der Waals surface area contributed by atoms with E-state index in [1.807, 2.05) is 30.3 Å². The molecular weight excluding hydrogens is 348 g/mol. The summed E-state index contributed by atoms with van der Waals surface area (Å²) in [5.41, 5.74) is 7.07. The number of halogens is 1. The lowest BCUT2D eigenvalue weighted by Gasteiger charge is -1.93. The van der Waals surface area contributed by atoms with Gasteiger partial charge in [0, 0.05) is 24.2 Å². The van der Waals surface area contributed by atoms with Crippen LogP contribution in [-0.4, -0.2) is 16.0 Å². The van der Waals surface area contributed by atoms with Crippen molar-refractivity contribution in [3.8, 4) is 0 Å². The molecule has 2 aromatic rings. The van der Waals surface area contributed by atoms with E-state index in [0.29, 0.717) is 11.9 Å². The molecule has 0 aliphatic heterocycles. The summed E-state index contributed by atoms with van der Waals surface area (Å²) < 4.78 is 0. The number of hydrogen-bond donors (Lipinski definition) is 1. The van der Waals surface area contributed by atoms with Gasteiger partial charge in [-0.25, -0.2) is 0 Å². The van der Waals surface area contributed by atoms with E-state index < -0.39 is 4.92 Å². The van der Waals surface area contributed by atoms with E-state index >= 15 is 0 Å². The second kappa shape index (κ2) is 10.6. The van der Waals surface area contributed by atoms with E-state index in [9.17, 15) is 14.9 Å². The summed E-state index contributed by atoms with van der Waals surface area (Å²) in [6, 6.07) is 15.4. The molecule has 0 unspecified atom stereocenters. The third-order valence-corrected chi connectivity index (χ3v) is 3.11. The van der Waals surface area contributed by atoms with Crippen LogP contribution in [0.3, 0.4) is 0 Å². The van der Waals surface area contributed by atoms with Crippen LogP contribution in [-0.2, 0) is 6.54 Å². The molecule has 0 radical (unpaired) electrons. The van der Waals surface area contributed by atoms with E-state index in [0.717, 1.165) is 11.1 Å². The minimum atomic E-state index is -0.430. The molecular formula is C16H19BrN2O3. The fraction of sp³-hybridized carbons (Fsp3) is 0.188. The first-order chi connectivity index (χ1) is 10.1. The molecule has 2 rings (SSSR count). The molecule has 0 bridgehead atoms. The number of nitrogens with two attached hydrogens (primary N) is 1. The summed E-state index contributed by atoms with van der Waals surface area (Å²) in [7, 11) is 0. The van der Waals surface area contributed by atoms with Gasteiger partial charge in [-0.05, 0) is 5.56 Å². The van der Waals surface area contributed by atoms with Crippen LogP contribution < -0.4 is 5.73 Å². The predicted octanol–water partition coefficient (Wildman–Crippen LogP) is 3.95. The number of carbonyl (C=O) groups is 1. The van der Waals surface area contributed by atoms with Crippen LogP contribution in [0.15, 0.2) is 54.6 Å². The van der Waals surface area contributed by atoms with Crippen molar-refractivity contribution in [3.05, 3.63) is 75.8 Å². The van der Waals surface area contributed by atoms with Crippen LogP contribution in [0.4, 0.5) is 5.69 Å². The van der Waals surface area contributed by atoms with Gasteiger partial charge in [-0.1, -0.05) is 65.8 Å². The van der Waals surface area contributed by atoms with Gasteiger partial charge in [0.05, 0.1) is 10.3 Å². The van der Waals surface area contributed by atoms with Gasteiger partial charge in [0.2, 0.25) is 0 Å². The van der Waals surface area contributed by atoms with E-state index in [2.05, 4.69) is 15.9 Å². The summed E-state index contributed by atoms with van der Waals surface area (Å²) in [4.78, 5) is 20.7. The van der Waals surface area contributed by atoms with Crippen molar-refractivity contribution >= 4 is 27.4 Å². The zero-order valence-corrected chi connectivity index (χ0v) is 12.8. The summed E-state index contributed by atoms with van der Waals surface area (Å²) in [5.74, 6) is 0.126. The minimum absolute atomic E-state index is 0. The molecule has 0 spiro atoms. The number of nitro groups is 1. The van der Waals surface area contributed by atoms with Crippen LogP contribution in [0.2, 0.25) is 0 Å². The number of ketones is 1. The van der Waals surface area contributed by atoms with Crippen LogP contribution >= 0.6 is 15.9 Å². The van der Waals surface area contributed by atoms with Gasteiger partial charge in [0.25, 0.3) is 5.69 Å². The summed E-state index contributed by atoms with van der Waals surface area (Å²) in [5, 5.41) is 10.6. The molecule has 0 aromatic heterocycles. The summed E-state index contributed by atoms with van der Waals surface area (Å²) >= 11 is 3.10. The monoisotopic (exact) mass is 366 g/mol. The second-order valence-electron chi connectivity index (χ2n) is 4.05. The van der Waals surface area contributed by atoms with Crippen molar-refractivity contribution in [2.24, 2.45) is 5.73 Å². The number of nitrogens with zero attached hydrogens (tertiary/aromatic N) is 1. The molecule has 6 heteroatoms. The highest BCUT2D eigenvalue weighted by Crippen LogP contribution is 2.10. The van der Waals surface area contributed by atoms with Crippen molar-refractivity contribution in [1.29, 1.82) is 0 Å². The maximum Gasteiger partial charge on any atom is 0.269 e. The van der Waals surface area contributed by atoms with Gasteiger partial charge in [0.1, 0.15) is 0 Å². The summed E-state index contributed by atoms with van der Waals surface area (Å²) in [6.07, 6.45) is 0. The number of carbonyl (C=O) groups excluding carboxylic acids is 1. The Morgan fingerprint density at radius 1 is 1.09 bits per heavy atom. The third kappa shape index (κ3) is 6.60. The van der Waals surface area contributed by atoms with Gasteiger partial charge in [-0.2, -0.15) is 0 Å². The average Bonchev–Trinajstić information content (AvgIpc) is 2.55. The Labute approximate surface area is 138 Å². The molecule has 0 heterocycles. The fourth-order valence-corrected chi connectivity index (χ4v) is 1.78. The Bertz CT molecular complexity index is 586. The highest BCUT2D eigenvalue weighted by molar-refractivity contribution is 9.09. The number of Topliss-reactive ketones (excluding diaryl/α,β-unsaturated/α-hetero) is 1. The van der Waals surface area contributed by atoms with Crippen molar-refractivity contribution in [3.63, 3.8) is 0 Å². The largest absolute Gasteiger partial charge is 0.326 e. The number of alkyl halides is 1. The predicted molar refractivity (Wildman–Crippen MR) is 92.3 cm³/mol. The smallest absolute Gasteiger partial charge is 0.269 e. The standard InChI is InChI=1S/C8H7BrO.C7H8N2O2.CH4/c9-6-8(10)7-4-2-1-3-5-7;8-5-6-1-3-7(4-2-6)9(10)11;/h1-5H,6H2;1-4H,5,8H2;1H4. The molecule has 118 valence electrons. The Hall–Kier alpha value is -2.05. The Morgan fingerprint density at radius 2 is 1.64 bits per heavy atom. The Morgan fingerprint density at radius 3 is 2.05 bits per heavy atom. The van der Waals surface area contributed by atoms with E-state index in [1.54, 1.807) is 12.1 Å². The first-order valence-corrected chi connectivity index (χ1v) is 7.28.